The Hall–Kier alpha value is -4.17. The summed E-state index contributed by atoms with van der Waals surface area (Å²) in [5.41, 5.74) is 3.35. The molecule has 0 spiro atoms. The van der Waals surface area contributed by atoms with Crippen LogP contribution in [0.4, 0.5) is 0 Å². The largest absolute Gasteiger partial charge is 0.246 e. The van der Waals surface area contributed by atoms with Gasteiger partial charge in [-0.3, -0.25) is 0 Å². The molecule has 2 aromatic carbocycles. The summed E-state index contributed by atoms with van der Waals surface area (Å²) in [6.07, 6.45) is 1.69. The van der Waals surface area contributed by atoms with Crippen molar-refractivity contribution in [2.45, 2.75) is 0 Å². The van der Waals surface area contributed by atoms with E-state index in [0.29, 0.717) is 5.69 Å². The fraction of sp³-hybridized carbons (Fsp3) is 0. The molecule has 0 saturated carbocycles. The minimum Gasteiger partial charge on any atom is -0.246 e. The average Bonchev–Trinajstić information content (AvgIpc) is 2.71. The topological polar surface area (TPSA) is 12.9 Å². The van der Waals surface area contributed by atoms with Crippen molar-refractivity contribution < 1.29 is 0 Å². The van der Waals surface area contributed by atoms with Crippen LogP contribution in [0.5, 0.6) is 0 Å². The summed E-state index contributed by atoms with van der Waals surface area (Å²) in [6, 6.07) is 23.2. The van der Waals surface area contributed by atoms with Crippen LogP contribution < -0.4 is 0 Å². The molecule has 0 bridgehead atoms. The maximum Gasteiger partial charge on any atom is 0.114 e. The highest BCUT2D eigenvalue weighted by Gasteiger charge is 1.89. The van der Waals surface area contributed by atoms with Crippen molar-refractivity contribution in [3.63, 3.8) is 0 Å². The van der Waals surface area contributed by atoms with Crippen LogP contribution in [0.15, 0.2) is 79.0 Å². The molecule has 1 heteroatoms. The molecule has 0 unspecified atom stereocenters. The summed E-state index contributed by atoms with van der Waals surface area (Å²) in [5, 5.41) is 0. The summed E-state index contributed by atoms with van der Waals surface area (Å²) < 4.78 is 0. The zero-order valence-corrected chi connectivity index (χ0v) is 14.0. The minimum absolute atomic E-state index is 0.660. The molecule has 26 heavy (non-hydrogen) atoms. The summed E-state index contributed by atoms with van der Waals surface area (Å²) >= 11 is 0. The third kappa shape index (κ3) is 5.48. The Bertz CT molecular complexity index is 1020. The predicted molar refractivity (Wildman–Crippen MR) is 105 cm³/mol. The van der Waals surface area contributed by atoms with Crippen molar-refractivity contribution in [2.75, 3.05) is 0 Å². The summed E-state index contributed by atoms with van der Waals surface area (Å²) in [6.45, 7) is 0. The van der Waals surface area contributed by atoms with Crippen LogP contribution in [-0.4, -0.2) is 4.98 Å². The first kappa shape index (κ1) is 16.7. The molecule has 3 rings (SSSR count). The van der Waals surface area contributed by atoms with Crippen molar-refractivity contribution in [3.05, 3.63) is 101 Å². The van der Waals surface area contributed by atoms with E-state index in [2.05, 4.69) is 52.3 Å². The summed E-state index contributed by atoms with van der Waals surface area (Å²) in [5.74, 6) is 23.2. The Balaban J connectivity index is 1.62. The number of aromatic nitrogens is 1. The first-order valence-corrected chi connectivity index (χ1v) is 8.00. The van der Waals surface area contributed by atoms with Gasteiger partial charge in [-0.25, -0.2) is 4.98 Å². The lowest BCUT2D eigenvalue weighted by molar-refractivity contribution is 1.27. The van der Waals surface area contributed by atoms with Gasteiger partial charge in [-0.15, -0.1) is 0 Å². The van der Waals surface area contributed by atoms with E-state index in [-0.39, 0.29) is 0 Å². The molecule has 1 nitrogen and oxygen atoms in total. The molecular formula is C25H13N. The van der Waals surface area contributed by atoms with Gasteiger partial charge in [0.2, 0.25) is 0 Å². The maximum atomic E-state index is 4.27. The Labute approximate surface area is 154 Å². The molecule has 0 aliphatic carbocycles. The Morgan fingerprint density at radius 3 is 1.46 bits per heavy atom. The van der Waals surface area contributed by atoms with E-state index in [1.165, 1.54) is 0 Å². The lowest BCUT2D eigenvalue weighted by Gasteiger charge is -1.89. The van der Waals surface area contributed by atoms with Gasteiger partial charge in [0, 0.05) is 22.9 Å². The molecule has 1 aromatic heterocycles. The first-order chi connectivity index (χ1) is 12.9. The molecule has 118 valence electrons. The van der Waals surface area contributed by atoms with Gasteiger partial charge < -0.3 is 0 Å². The monoisotopic (exact) mass is 327 g/mol. The summed E-state index contributed by atoms with van der Waals surface area (Å²) in [7, 11) is 0. The Kier molecular flexibility index (Phi) is 5.91. The van der Waals surface area contributed by atoms with Crippen molar-refractivity contribution >= 4 is 0 Å². The highest BCUT2D eigenvalue weighted by atomic mass is 14.7. The standard InChI is InChI=1S/C25H13N/c1-3-11-22(12-4-1)15-7-8-17-24-19-20-25(26-21-24)18-10-9-16-23-13-5-2-6-14-23/h1-6,11-14,19-21H. The number of hydrogen-bond donors (Lipinski definition) is 0. The molecular weight excluding hydrogens is 314 g/mol. The molecule has 1 heterocycles. The molecule has 0 N–H and O–H groups in total. The fourth-order valence-electron chi connectivity index (χ4n) is 1.99. The second-order valence-electron chi connectivity index (χ2n) is 5.16. The average molecular weight is 327 g/mol. The SMILES string of the molecule is C(C#Cc1ccc(C#CC#Cc2ccccc2)nc1)#Cc1ccccc1. The van der Waals surface area contributed by atoms with Crippen LogP contribution in [0.1, 0.15) is 22.4 Å². The highest BCUT2D eigenvalue weighted by Crippen LogP contribution is 1.98. The Morgan fingerprint density at radius 2 is 0.962 bits per heavy atom. The molecule has 0 atom stereocenters. The second-order valence-corrected chi connectivity index (χ2v) is 5.16. The number of benzene rings is 2. The smallest absolute Gasteiger partial charge is 0.114 e. The van der Waals surface area contributed by atoms with E-state index < -0.39 is 0 Å². The zero-order chi connectivity index (χ0) is 17.9. The second kappa shape index (κ2) is 9.21. The lowest BCUT2D eigenvalue weighted by Crippen LogP contribution is -1.83. The maximum absolute atomic E-state index is 4.27. The number of hydrogen-bond acceptors (Lipinski definition) is 1. The number of pyridine rings is 1. The van der Waals surface area contributed by atoms with Crippen molar-refractivity contribution in [2.24, 2.45) is 0 Å². The normalized spacial score (nSPS) is 8.31. The first-order valence-electron chi connectivity index (χ1n) is 8.00. The van der Waals surface area contributed by atoms with Gasteiger partial charge >= 0.3 is 0 Å². The van der Waals surface area contributed by atoms with E-state index in [4.69, 9.17) is 0 Å². The van der Waals surface area contributed by atoms with E-state index in [9.17, 15) is 0 Å². The number of rotatable bonds is 0. The van der Waals surface area contributed by atoms with E-state index >= 15 is 0 Å². The zero-order valence-electron chi connectivity index (χ0n) is 14.0. The molecule has 0 radical (unpaired) electrons. The van der Waals surface area contributed by atoms with Gasteiger partial charge in [-0.1, -0.05) is 54.2 Å². The van der Waals surface area contributed by atoms with Crippen LogP contribution in [0.25, 0.3) is 0 Å². The Morgan fingerprint density at radius 1 is 0.462 bits per heavy atom. The van der Waals surface area contributed by atoms with Gasteiger partial charge in [0.15, 0.2) is 0 Å². The van der Waals surface area contributed by atoms with Crippen LogP contribution in [0, 0.1) is 47.4 Å². The lowest BCUT2D eigenvalue weighted by atomic mass is 10.2. The van der Waals surface area contributed by atoms with Gasteiger partial charge in [0.05, 0.1) is 0 Å². The van der Waals surface area contributed by atoms with E-state index in [1.807, 2.05) is 72.8 Å². The van der Waals surface area contributed by atoms with E-state index in [1.54, 1.807) is 6.20 Å². The van der Waals surface area contributed by atoms with Gasteiger partial charge in [-0.2, -0.15) is 0 Å². The minimum atomic E-state index is 0.660. The van der Waals surface area contributed by atoms with Gasteiger partial charge in [0.1, 0.15) is 5.69 Å². The van der Waals surface area contributed by atoms with Crippen molar-refractivity contribution in [1.82, 2.24) is 4.98 Å². The van der Waals surface area contributed by atoms with Gasteiger partial charge in [-0.05, 0) is 66.0 Å². The molecule has 0 saturated heterocycles. The van der Waals surface area contributed by atoms with Crippen molar-refractivity contribution in [1.29, 1.82) is 0 Å². The molecule has 0 amide bonds. The third-order valence-electron chi connectivity index (χ3n) is 3.25. The number of nitrogens with zero attached hydrogens (tertiary/aromatic N) is 1. The molecule has 0 fully saturated rings. The third-order valence-corrected chi connectivity index (χ3v) is 3.25. The van der Waals surface area contributed by atoms with Crippen LogP contribution in [0.2, 0.25) is 0 Å². The van der Waals surface area contributed by atoms with Crippen LogP contribution in [-0.2, 0) is 0 Å². The van der Waals surface area contributed by atoms with Crippen LogP contribution in [0.3, 0.4) is 0 Å². The fourth-order valence-corrected chi connectivity index (χ4v) is 1.99. The molecule has 0 aliphatic rings. The highest BCUT2D eigenvalue weighted by molar-refractivity contribution is 5.46. The quantitative estimate of drug-likeness (QED) is 0.571. The van der Waals surface area contributed by atoms with Gasteiger partial charge in [0.25, 0.3) is 0 Å². The molecule has 3 aromatic rings. The summed E-state index contributed by atoms with van der Waals surface area (Å²) in [4.78, 5) is 4.27. The predicted octanol–water partition coefficient (Wildman–Crippen LogP) is 3.89. The van der Waals surface area contributed by atoms with E-state index in [0.717, 1.165) is 16.7 Å². The van der Waals surface area contributed by atoms with Crippen molar-refractivity contribution in [3.8, 4) is 47.4 Å². The molecule has 0 aliphatic heterocycles. The van der Waals surface area contributed by atoms with Crippen LogP contribution >= 0.6 is 0 Å².